The second-order valence-electron chi connectivity index (χ2n) is 8.25. The standard InChI is InChI=1S/C23H26N2O2S/c1-12-6-7-17-19(8-12)28-22-21(17)23(27)25(11-24-22)10-18-13(2)9-14(3)20(15(18)4)16(5)26/h9,11-12H,6-8,10H2,1-5H3. The van der Waals surface area contributed by atoms with Crippen LogP contribution < -0.4 is 5.56 Å². The van der Waals surface area contributed by atoms with Crippen molar-refractivity contribution in [3.8, 4) is 0 Å². The maximum atomic E-state index is 13.3. The molecule has 1 aliphatic rings. The highest BCUT2D eigenvalue weighted by Gasteiger charge is 2.23. The van der Waals surface area contributed by atoms with Crippen LogP contribution in [-0.4, -0.2) is 15.3 Å². The minimum Gasteiger partial charge on any atom is -0.294 e. The van der Waals surface area contributed by atoms with Gasteiger partial charge in [0.05, 0.1) is 18.3 Å². The van der Waals surface area contributed by atoms with Gasteiger partial charge in [0, 0.05) is 10.4 Å². The Bertz CT molecular complexity index is 1170. The van der Waals surface area contributed by atoms with Crippen molar-refractivity contribution >= 4 is 27.3 Å². The van der Waals surface area contributed by atoms with E-state index in [4.69, 9.17) is 0 Å². The topological polar surface area (TPSA) is 52.0 Å². The molecule has 0 fully saturated rings. The molecule has 0 saturated heterocycles. The number of thiophene rings is 1. The van der Waals surface area contributed by atoms with E-state index in [1.807, 2.05) is 26.8 Å². The van der Waals surface area contributed by atoms with E-state index < -0.39 is 0 Å². The smallest absolute Gasteiger partial charge is 0.262 e. The number of hydrogen-bond acceptors (Lipinski definition) is 4. The van der Waals surface area contributed by atoms with E-state index in [2.05, 4.69) is 11.9 Å². The Morgan fingerprint density at radius 1 is 1.29 bits per heavy atom. The van der Waals surface area contributed by atoms with Crippen LogP contribution in [0.25, 0.3) is 10.2 Å². The van der Waals surface area contributed by atoms with Crippen molar-refractivity contribution in [1.82, 2.24) is 9.55 Å². The van der Waals surface area contributed by atoms with Crippen LogP contribution >= 0.6 is 11.3 Å². The van der Waals surface area contributed by atoms with Crippen molar-refractivity contribution in [2.24, 2.45) is 5.92 Å². The van der Waals surface area contributed by atoms with Gasteiger partial charge in [0.2, 0.25) is 0 Å². The summed E-state index contributed by atoms with van der Waals surface area (Å²) in [6, 6.07) is 2.05. The molecule has 0 bridgehead atoms. The van der Waals surface area contributed by atoms with Crippen molar-refractivity contribution in [3.05, 3.63) is 61.0 Å². The largest absolute Gasteiger partial charge is 0.294 e. The van der Waals surface area contributed by atoms with Gasteiger partial charge in [-0.1, -0.05) is 13.0 Å². The molecule has 1 unspecified atom stereocenters. The van der Waals surface area contributed by atoms with Gasteiger partial charge in [-0.15, -0.1) is 11.3 Å². The summed E-state index contributed by atoms with van der Waals surface area (Å²) < 4.78 is 1.71. The molecule has 4 rings (SSSR count). The van der Waals surface area contributed by atoms with Gasteiger partial charge in [0.25, 0.3) is 5.56 Å². The van der Waals surface area contributed by atoms with Crippen LogP contribution in [0.4, 0.5) is 0 Å². The number of benzene rings is 1. The highest BCUT2D eigenvalue weighted by atomic mass is 32.1. The van der Waals surface area contributed by atoms with Gasteiger partial charge in [-0.05, 0) is 80.7 Å². The molecule has 1 atom stereocenters. The summed E-state index contributed by atoms with van der Waals surface area (Å²) in [6.07, 6.45) is 4.82. The fraction of sp³-hybridized carbons (Fsp3) is 0.435. The number of aromatic nitrogens is 2. The molecule has 0 amide bonds. The number of fused-ring (bicyclic) bond motifs is 3. The van der Waals surface area contributed by atoms with E-state index >= 15 is 0 Å². The van der Waals surface area contributed by atoms with Crippen molar-refractivity contribution < 1.29 is 4.79 Å². The first kappa shape index (κ1) is 19.1. The summed E-state index contributed by atoms with van der Waals surface area (Å²) in [5.41, 5.74) is 6.13. The molecule has 0 saturated carbocycles. The maximum Gasteiger partial charge on any atom is 0.262 e. The molecule has 1 aliphatic carbocycles. The SMILES string of the molecule is CC(=O)c1c(C)cc(C)c(Cn2cnc3sc4c(c3c2=O)CCC(C)C4)c1C. The number of carbonyl (C=O) groups excluding carboxylic acids is 1. The van der Waals surface area contributed by atoms with Crippen LogP contribution in [0.2, 0.25) is 0 Å². The zero-order chi connectivity index (χ0) is 20.2. The summed E-state index contributed by atoms with van der Waals surface area (Å²) in [5, 5.41) is 0.809. The van der Waals surface area contributed by atoms with Crippen LogP contribution in [0, 0.1) is 26.7 Å². The summed E-state index contributed by atoms with van der Waals surface area (Å²) in [7, 11) is 0. The van der Waals surface area contributed by atoms with Crippen molar-refractivity contribution in [3.63, 3.8) is 0 Å². The third kappa shape index (κ3) is 3.02. The zero-order valence-corrected chi connectivity index (χ0v) is 18.0. The van der Waals surface area contributed by atoms with Crippen LogP contribution in [0.3, 0.4) is 0 Å². The number of hydrogen-bond donors (Lipinski definition) is 0. The van der Waals surface area contributed by atoms with Crippen LogP contribution in [-0.2, 0) is 19.4 Å². The van der Waals surface area contributed by atoms with Crippen molar-refractivity contribution in [2.75, 3.05) is 0 Å². The molecule has 0 radical (unpaired) electrons. The van der Waals surface area contributed by atoms with Gasteiger partial charge >= 0.3 is 0 Å². The van der Waals surface area contributed by atoms with E-state index in [-0.39, 0.29) is 11.3 Å². The fourth-order valence-corrected chi connectivity index (χ4v) is 6.00. The lowest BCUT2D eigenvalue weighted by atomic mass is 9.89. The number of nitrogens with zero attached hydrogens (tertiary/aromatic N) is 2. The minimum absolute atomic E-state index is 0.0424. The molecule has 3 aromatic rings. The van der Waals surface area contributed by atoms with Crippen LogP contribution in [0.5, 0.6) is 0 Å². The Balaban J connectivity index is 1.84. The molecule has 2 aromatic heterocycles. The van der Waals surface area contributed by atoms with E-state index in [1.165, 1.54) is 10.4 Å². The first-order valence-corrected chi connectivity index (χ1v) is 10.7. The molecule has 1 aromatic carbocycles. The first-order chi connectivity index (χ1) is 13.3. The molecule has 2 heterocycles. The summed E-state index contributed by atoms with van der Waals surface area (Å²) in [6.45, 7) is 10.3. The number of carbonyl (C=O) groups is 1. The number of ketones is 1. The van der Waals surface area contributed by atoms with Crippen molar-refractivity contribution in [2.45, 2.75) is 60.4 Å². The third-order valence-electron chi connectivity index (χ3n) is 6.09. The number of Topliss-reactive ketones (excluding diaryl/α,β-unsaturated/α-hetero) is 1. The van der Waals surface area contributed by atoms with Crippen LogP contribution in [0.1, 0.15) is 63.3 Å². The lowest BCUT2D eigenvalue weighted by Gasteiger charge is -2.18. The van der Waals surface area contributed by atoms with E-state index in [1.54, 1.807) is 29.2 Å². The molecule has 0 spiro atoms. The van der Waals surface area contributed by atoms with E-state index in [9.17, 15) is 9.59 Å². The molecule has 146 valence electrons. The number of rotatable bonds is 3. The summed E-state index contributed by atoms with van der Waals surface area (Å²) in [5.74, 6) is 0.740. The molecular formula is C23H26N2O2S. The second kappa shape index (κ2) is 6.96. The monoisotopic (exact) mass is 394 g/mol. The highest BCUT2D eigenvalue weighted by Crippen LogP contribution is 2.35. The fourth-order valence-electron chi connectivity index (χ4n) is 4.66. The Morgan fingerprint density at radius 2 is 2.04 bits per heavy atom. The first-order valence-electron chi connectivity index (χ1n) is 9.88. The Labute approximate surface area is 169 Å². The van der Waals surface area contributed by atoms with Gasteiger partial charge in [-0.25, -0.2) is 4.98 Å². The molecule has 28 heavy (non-hydrogen) atoms. The maximum absolute atomic E-state index is 13.3. The van der Waals surface area contributed by atoms with Gasteiger partial charge in [0.15, 0.2) is 5.78 Å². The lowest BCUT2D eigenvalue weighted by Crippen LogP contribution is -2.23. The number of aryl methyl sites for hydroxylation is 3. The minimum atomic E-state index is 0.0424. The van der Waals surface area contributed by atoms with Gasteiger partial charge < -0.3 is 0 Å². The van der Waals surface area contributed by atoms with Crippen LogP contribution in [0.15, 0.2) is 17.2 Å². The van der Waals surface area contributed by atoms with E-state index in [0.717, 1.165) is 57.3 Å². The average molecular weight is 395 g/mol. The molecule has 4 nitrogen and oxygen atoms in total. The van der Waals surface area contributed by atoms with Gasteiger partial charge in [0.1, 0.15) is 4.83 Å². The quantitative estimate of drug-likeness (QED) is 0.602. The Morgan fingerprint density at radius 3 is 2.75 bits per heavy atom. The Kier molecular flexibility index (Phi) is 4.74. The normalized spacial score (nSPS) is 16.4. The van der Waals surface area contributed by atoms with E-state index in [0.29, 0.717) is 12.5 Å². The summed E-state index contributed by atoms with van der Waals surface area (Å²) >= 11 is 1.68. The lowest BCUT2D eigenvalue weighted by molar-refractivity contribution is 0.101. The van der Waals surface area contributed by atoms with Crippen molar-refractivity contribution in [1.29, 1.82) is 0 Å². The second-order valence-corrected chi connectivity index (χ2v) is 9.34. The third-order valence-corrected chi connectivity index (χ3v) is 7.26. The predicted molar refractivity (Wildman–Crippen MR) is 115 cm³/mol. The highest BCUT2D eigenvalue weighted by molar-refractivity contribution is 7.18. The Hall–Kier alpha value is -2.27. The molecular weight excluding hydrogens is 368 g/mol. The average Bonchev–Trinajstić information content (AvgIpc) is 2.97. The van der Waals surface area contributed by atoms with Gasteiger partial charge in [-0.2, -0.15) is 0 Å². The predicted octanol–water partition coefficient (Wildman–Crippen LogP) is 4.76. The zero-order valence-electron chi connectivity index (χ0n) is 17.2. The molecule has 0 N–H and O–H groups in total. The summed E-state index contributed by atoms with van der Waals surface area (Å²) in [4.78, 5) is 32.2. The molecule has 5 heteroatoms. The van der Waals surface area contributed by atoms with Gasteiger partial charge in [-0.3, -0.25) is 14.2 Å². The molecule has 0 aliphatic heterocycles.